The highest BCUT2D eigenvalue weighted by atomic mass is 16.4. The number of aromatic hydroxyl groups is 1. The van der Waals surface area contributed by atoms with Crippen molar-refractivity contribution in [3.8, 4) is 5.75 Å². The van der Waals surface area contributed by atoms with Gasteiger partial charge in [0.15, 0.2) is 0 Å². The van der Waals surface area contributed by atoms with Crippen molar-refractivity contribution >= 4 is 23.5 Å². The summed E-state index contributed by atoms with van der Waals surface area (Å²) in [4.78, 5) is 33.7. The lowest BCUT2D eigenvalue weighted by Crippen LogP contribution is -2.38. The molecule has 4 N–H and O–H groups in total. The number of phenolic OH excluding ortho intramolecular Hbond substituents is 1. The summed E-state index contributed by atoms with van der Waals surface area (Å²) in [5.41, 5.74) is 1.15. The lowest BCUT2D eigenvalue weighted by molar-refractivity contribution is -0.141. The van der Waals surface area contributed by atoms with E-state index in [1.165, 1.54) is 13.0 Å². The van der Waals surface area contributed by atoms with Crippen LogP contribution in [-0.4, -0.2) is 34.0 Å². The number of hydrogen-bond donors (Lipinski definition) is 4. The normalized spacial score (nSPS) is 11.5. The van der Waals surface area contributed by atoms with E-state index in [2.05, 4.69) is 10.6 Å². The molecule has 1 rings (SSSR count). The maximum absolute atomic E-state index is 11.7. The molecule has 0 radical (unpaired) electrons. The molecule has 21 heavy (non-hydrogen) atoms. The van der Waals surface area contributed by atoms with E-state index in [-0.39, 0.29) is 24.3 Å². The predicted molar refractivity (Wildman–Crippen MR) is 75.9 cm³/mol. The number of carboxylic acids is 1. The Bertz CT molecular complexity index is 556. The summed E-state index contributed by atoms with van der Waals surface area (Å²) < 4.78 is 0. The first-order valence-electron chi connectivity index (χ1n) is 6.41. The first-order chi connectivity index (χ1) is 9.79. The van der Waals surface area contributed by atoms with E-state index in [1.807, 2.05) is 6.92 Å². The summed E-state index contributed by atoms with van der Waals surface area (Å²) in [6.07, 6.45) is -0.235. The molecule has 1 aromatic carbocycles. The van der Waals surface area contributed by atoms with E-state index >= 15 is 0 Å². The summed E-state index contributed by atoms with van der Waals surface area (Å²) in [7, 11) is 0. The maximum Gasteiger partial charge on any atom is 0.325 e. The van der Waals surface area contributed by atoms with Gasteiger partial charge in [-0.2, -0.15) is 0 Å². The summed E-state index contributed by atoms with van der Waals surface area (Å²) in [6.45, 7) is 3.15. The van der Waals surface area contributed by atoms with Gasteiger partial charge >= 0.3 is 5.97 Å². The fraction of sp³-hybridized carbons (Fsp3) is 0.357. The monoisotopic (exact) mass is 294 g/mol. The number of aryl methyl sites for hydroxylation is 1. The summed E-state index contributed by atoms with van der Waals surface area (Å²) in [5.74, 6) is -2.15. The van der Waals surface area contributed by atoms with Crippen LogP contribution in [0, 0.1) is 6.92 Å². The van der Waals surface area contributed by atoms with Crippen LogP contribution in [0.5, 0.6) is 5.75 Å². The van der Waals surface area contributed by atoms with Crippen molar-refractivity contribution < 1.29 is 24.6 Å². The van der Waals surface area contributed by atoms with Crippen molar-refractivity contribution in [1.29, 1.82) is 0 Å². The van der Waals surface area contributed by atoms with Crippen molar-refractivity contribution in [2.45, 2.75) is 32.7 Å². The quantitative estimate of drug-likeness (QED) is 0.584. The van der Waals surface area contributed by atoms with E-state index < -0.39 is 23.8 Å². The van der Waals surface area contributed by atoms with Crippen LogP contribution in [0.3, 0.4) is 0 Å². The number of carboxylic acid groups (broad SMARTS) is 1. The van der Waals surface area contributed by atoms with Crippen LogP contribution < -0.4 is 10.6 Å². The van der Waals surface area contributed by atoms with Crippen molar-refractivity contribution in [3.05, 3.63) is 23.8 Å². The largest absolute Gasteiger partial charge is 0.506 e. The molecule has 2 amide bonds. The SMILES string of the molecule is Cc1ccc(O)c(NC(=O)CCC(=O)NC(C)C(=O)O)c1. The molecule has 0 saturated heterocycles. The molecule has 0 aliphatic heterocycles. The Morgan fingerprint density at radius 2 is 1.81 bits per heavy atom. The third kappa shape index (κ3) is 5.52. The molecule has 1 aromatic rings. The third-order valence-corrected chi connectivity index (χ3v) is 2.75. The van der Waals surface area contributed by atoms with Crippen LogP contribution in [0.1, 0.15) is 25.3 Å². The van der Waals surface area contributed by atoms with Gasteiger partial charge in [0.1, 0.15) is 11.8 Å². The molecular weight excluding hydrogens is 276 g/mol. The Kier molecular flexibility index (Phi) is 5.71. The number of benzene rings is 1. The van der Waals surface area contributed by atoms with Crippen LogP contribution in [-0.2, 0) is 14.4 Å². The second kappa shape index (κ2) is 7.28. The average Bonchev–Trinajstić information content (AvgIpc) is 2.40. The number of carbonyl (C=O) groups is 3. The number of amides is 2. The molecule has 0 aromatic heterocycles. The Hall–Kier alpha value is -2.57. The van der Waals surface area contributed by atoms with Gasteiger partial charge in [-0.25, -0.2) is 0 Å². The van der Waals surface area contributed by atoms with E-state index in [1.54, 1.807) is 12.1 Å². The van der Waals surface area contributed by atoms with Crippen molar-refractivity contribution in [2.75, 3.05) is 5.32 Å². The smallest absolute Gasteiger partial charge is 0.325 e. The molecule has 0 heterocycles. The van der Waals surface area contributed by atoms with Gasteiger partial charge in [-0.1, -0.05) is 6.07 Å². The third-order valence-electron chi connectivity index (χ3n) is 2.75. The van der Waals surface area contributed by atoms with Crippen LogP contribution in [0.4, 0.5) is 5.69 Å². The first kappa shape index (κ1) is 16.5. The zero-order valence-electron chi connectivity index (χ0n) is 11.8. The van der Waals surface area contributed by atoms with Gasteiger partial charge in [0.05, 0.1) is 5.69 Å². The van der Waals surface area contributed by atoms with E-state index in [0.717, 1.165) is 5.56 Å². The average molecular weight is 294 g/mol. The zero-order chi connectivity index (χ0) is 16.0. The summed E-state index contributed by atoms with van der Waals surface area (Å²) >= 11 is 0. The van der Waals surface area contributed by atoms with Crippen molar-refractivity contribution in [3.63, 3.8) is 0 Å². The Labute approximate surface area is 122 Å². The molecule has 0 aliphatic rings. The fourth-order valence-electron chi connectivity index (χ4n) is 1.57. The number of rotatable bonds is 6. The van der Waals surface area contributed by atoms with Gasteiger partial charge < -0.3 is 20.8 Å². The maximum atomic E-state index is 11.7. The van der Waals surface area contributed by atoms with Crippen LogP contribution in [0.25, 0.3) is 0 Å². The fourth-order valence-corrected chi connectivity index (χ4v) is 1.57. The van der Waals surface area contributed by atoms with Crippen molar-refractivity contribution in [1.82, 2.24) is 5.32 Å². The molecule has 0 bridgehead atoms. The minimum Gasteiger partial charge on any atom is -0.506 e. The van der Waals surface area contributed by atoms with Gasteiger partial charge in [-0.3, -0.25) is 14.4 Å². The standard InChI is InChI=1S/C14H18N2O5/c1-8-3-4-11(17)10(7-8)16-13(19)6-5-12(18)15-9(2)14(20)21/h3-4,7,9,17H,5-6H2,1-2H3,(H,15,18)(H,16,19)(H,20,21). The molecule has 7 nitrogen and oxygen atoms in total. The Balaban J connectivity index is 2.46. The highest BCUT2D eigenvalue weighted by Gasteiger charge is 2.15. The summed E-state index contributed by atoms with van der Waals surface area (Å²) in [6, 6.07) is 3.78. The molecular formula is C14H18N2O5. The molecule has 0 fully saturated rings. The Morgan fingerprint density at radius 3 is 2.43 bits per heavy atom. The highest BCUT2D eigenvalue weighted by molar-refractivity contribution is 5.94. The number of anilines is 1. The van der Waals surface area contributed by atoms with E-state index in [4.69, 9.17) is 5.11 Å². The van der Waals surface area contributed by atoms with Gasteiger partial charge in [0.2, 0.25) is 11.8 Å². The topological polar surface area (TPSA) is 116 Å². The van der Waals surface area contributed by atoms with Crippen LogP contribution in [0.2, 0.25) is 0 Å². The van der Waals surface area contributed by atoms with Gasteiger partial charge in [0.25, 0.3) is 0 Å². The van der Waals surface area contributed by atoms with E-state index in [0.29, 0.717) is 0 Å². The number of aliphatic carboxylic acids is 1. The predicted octanol–water partition coefficient (Wildman–Crippen LogP) is 1.01. The summed E-state index contributed by atoms with van der Waals surface area (Å²) in [5, 5.41) is 23.0. The molecule has 0 saturated carbocycles. The van der Waals surface area contributed by atoms with Crippen LogP contribution >= 0.6 is 0 Å². The number of nitrogens with one attached hydrogen (secondary N) is 2. The number of hydrogen-bond acceptors (Lipinski definition) is 4. The zero-order valence-corrected chi connectivity index (χ0v) is 11.8. The lowest BCUT2D eigenvalue weighted by atomic mass is 10.2. The molecule has 114 valence electrons. The second-order valence-corrected chi connectivity index (χ2v) is 4.70. The molecule has 1 unspecified atom stereocenters. The number of carbonyl (C=O) groups excluding carboxylic acids is 2. The minimum atomic E-state index is -1.14. The highest BCUT2D eigenvalue weighted by Crippen LogP contribution is 2.23. The minimum absolute atomic E-state index is 0.0575. The Morgan fingerprint density at radius 1 is 1.19 bits per heavy atom. The molecule has 1 atom stereocenters. The second-order valence-electron chi connectivity index (χ2n) is 4.70. The van der Waals surface area contributed by atoms with Crippen LogP contribution in [0.15, 0.2) is 18.2 Å². The molecule has 0 aliphatic carbocycles. The van der Waals surface area contributed by atoms with Gasteiger partial charge in [-0.05, 0) is 31.5 Å². The number of phenols is 1. The van der Waals surface area contributed by atoms with Gasteiger partial charge in [-0.15, -0.1) is 0 Å². The molecule has 7 heteroatoms. The molecule has 0 spiro atoms. The van der Waals surface area contributed by atoms with Gasteiger partial charge in [0, 0.05) is 12.8 Å². The van der Waals surface area contributed by atoms with Crippen molar-refractivity contribution in [2.24, 2.45) is 0 Å². The van der Waals surface area contributed by atoms with E-state index in [9.17, 15) is 19.5 Å². The lowest BCUT2D eigenvalue weighted by Gasteiger charge is -2.10. The first-order valence-corrected chi connectivity index (χ1v) is 6.41.